The van der Waals surface area contributed by atoms with Gasteiger partial charge in [-0.25, -0.2) is 0 Å². The summed E-state index contributed by atoms with van der Waals surface area (Å²) in [5.74, 6) is 0.990. The molecule has 0 amide bonds. The number of carbonyl (C=O) groups excluding carboxylic acids is 1. The van der Waals surface area contributed by atoms with Crippen molar-refractivity contribution in [1.29, 1.82) is 0 Å². The van der Waals surface area contributed by atoms with E-state index in [-0.39, 0.29) is 5.92 Å². The van der Waals surface area contributed by atoms with Crippen molar-refractivity contribution < 1.29 is 9.53 Å². The molecule has 0 fully saturated rings. The number of carbonyl (C=O) groups is 1. The van der Waals surface area contributed by atoms with E-state index >= 15 is 0 Å². The zero-order chi connectivity index (χ0) is 16.8. The van der Waals surface area contributed by atoms with Crippen molar-refractivity contribution in [2.24, 2.45) is 0 Å². The maximum Gasteiger partial charge on any atom is 0.150 e. The molecule has 1 atom stereocenters. The van der Waals surface area contributed by atoms with Crippen molar-refractivity contribution in [2.45, 2.75) is 12.3 Å². The maximum atomic E-state index is 11.5. The number of benzene rings is 3. The smallest absolute Gasteiger partial charge is 0.150 e. The third-order valence-electron chi connectivity index (χ3n) is 4.30. The van der Waals surface area contributed by atoms with Gasteiger partial charge >= 0.3 is 0 Å². The fourth-order valence-corrected chi connectivity index (χ4v) is 3.03. The average Bonchev–Trinajstić information content (AvgIpc) is 2.67. The van der Waals surface area contributed by atoms with E-state index in [1.54, 1.807) is 7.11 Å². The van der Waals surface area contributed by atoms with Crippen molar-refractivity contribution >= 4 is 6.29 Å². The highest BCUT2D eigenvalue weighted by Crippen LogP contribution is 2.30. The van der Waals surface area contributed by atoms with Gasteiger partial charge in [0.25, 0.3) is 0 Å². The van der Waals surface area contributed by atoms with Crippen LogP contribution in [-0.2, 0) is 6.42 Å². The Hall–Kier alpha value is -2.87. The van der Waals surface area contributed by atoms with Crippen LogP contribution in [0.25, 0.3) is 0 Å². The highest BCUT2D eigenvalue weighted by atomic mass is 16.5. The molecule has 0 bridgehead atoms. The Balaban J connectivity index is 2.00. The van der Waals surface area contributed by atoms with Crippen LogP contribution in [0.3, 0.4) is 0 Å². The first-order valence-electron chi connectivity index (χ1n) is 8.04. The second kappa shape index (κ2) is 7.60. The third-order valence-corrected chi connectivity index (χ3v) is 4.30. The topological polar surface area (TPSA) is 26.3 Å². The molecule has 0 saturated heterocycles. The van der Waals surface area contributed by atoms with Gasteiger partial charge in [-0.15, -0.1) is 0 Å². The molecular formula is C22H20O2. The van der Waals surface area contributed by atoms with Gasteiger partial charge in [-0.1, -0.05) is 66.7 Å². The third kappa shape index (κ3) is 3.54. The number of ether oxygens (including phenoxy) is 1. The number of methoxy groups -OCH3 is 1. The molecule has 0 radical (unpaired) electrons. The maximum absolute atomic E-state index is 11.5. The zero-order valence-electron chi connectivity index (χ0n) is 13.7. The lowest BCUT2D eigenvalue weighted by Crippen LogP contribution is -2.08. The van der Waals surface area contributed by atoms with Crippen LogP contribution in [0.15, 0.2) is 78.9 Å². The van der Waals surface area contributed by atoms with Crippen LogP contribution in [0.1, 0.15) is 33.0 Å². The first kappa shape index (κ1) is 16.0. The van der Waals surface area contributed by atoms with E-state index in [4.69, 9.17) is 4.74 Å². The van der Waals surface area contributed by atoms with Gasteiger partial charge in [-0.2, -0.15) is 0 Å². The van der Waals surface area contributed by atoms with E-state index in [0.29, 0.717) is 0 Å². The quantitative estimate of drug-likeness (QED) is 0.606. The molecule has 0 aliphatic rings. The summed E-state index contributed by atoms with van der Waals surface area (Å²) in [6.07, 6.45) is 1.78. The van der Waals surface area contributed by atoms with Crippen LogP contribution in [-0.4, -0.2) is 13.4 Å². The summed E-state index contributed by atoms with van der Waals surface area (Å²) in [5, 5.41) is 0. The molecule has 2 heteroatoms. The molecule has 0 N–H and O–H groups in total. The summed E-state index contributed by atoms with van der Waals surface area (Å²) < 4.78 is 5.23. The van der Waals surface area contributed by atoms with Crippen molar-refractivity contribution in [2.75, 3.05) is 7.11 Å². The Morgan fingerprint density at radius 3 is 2.21 bits per heavy atom. The Morgan fingerprint density at radius 2 is 1.54 bits per heavy atom. The lowest BCUT2D eigenvalue weighted by atomic mass is 9.84. The zero-order valence-corrected chi connectivity index (χ0v) is 13.7. The Morgan fingerprint density at radius 1 is 0.875 bits per heavy atom. The fraction of sp³-hybridized carbons (Fsp3) is 0.136. The molecule has 120 valence electrons. The first-order chi connectivity index (χ1) is 11.8. The molecule has 0 saturated carbocycles. The molecule has 2 nitrogen and oxygen atoms in total. The minimum absolute atomic E-state index is 0.140. The van der Waals surface area contributed by atoms with Gasteiger partial charge in [-0.3, -0.25) is 4.79 Å². The highest BCUT2D eigenvalue weighted by molar-refractivity contribution is 5.78. The van der Waals surface area contributed by atoms with Gasteiger partial charge in [0, 0.05) is 11.5 Å². The van der Waals surface area contributed by atoms with Gasteiger partial charge in [0.05, 0.1) is 7.11 Å². The normalized spacial score (nSPS) is 11.7. The van der Waals surface area contributed by atoms with Gasteiger partial charge < -0.3 is 4.74 Å². The molecule has 0 heterocycles. The van der Waals surface area contributed by atoms with Gasteiger partial charge in [-0.05, 0) is 35.2 Å². The summed E-state index contributed by atoms with van der Waals surface area (Å²) in [6, 6.07) is 26.3. The van der Waals surface area contributed by atoms with E-state index in [0.717, 1.165) is 29.6 Å². The second-order valence-corrected chi connectivity index (χ2v) is 5.76. The van der Waals surface area contributed by atoms with Crippen molar-refractivity contribution in [3.05, 3.63) is 101 Å². The van der Waals surface area contributed by atoms with Crippen molar-refractivity contribution in [1.82, 2.24) is 0 Å². The Bertz CT molecular complexity index is 792. The van der Waals surface area contributed by atoms with Crippen LogP contribution < -0.4 is 4.74 Å². The molecular weight excluding hydrogens is 296 g/mol. The minimum Gasteiger partial charge on any atom is -0.497 e. The molecule has 0 aliphatic carbocycles. The molecule has 0 spiro atoms. The number of hydrogen-bond acceptors (Lipinski definition) is 2. The highest BCUT2D eigenvalue weighted by Gasteiger charge is 2.17. The van der Waals surface area contributed by atoms with E-state index in [2.05, 4.69) is 24.3 Å². The molecule has 0 aromatic heterocycles. The lowest BCUT2D eigenvalue weighted by Gasteiger charge is -2.20. The first-order valence-corrected chi connectivity index (χ1v) is 8.04. The average molecular weight is 316 g/mol. The SMILES string of the molecule is COc1ccc(C[C@@H](c2ccccc2)c2ccccc2C=O)cc1. The van der Waals surface area contributed by atoms with E-state index in [1.807, 2.05) is 54.6 Å². The summed E-state index contributed by atoms with van der Waals surface area (Å²) in [5.41, 5.74) is 4.24. The van der Waals surface area contributed by atoms with E-state index in [1.165, 1.54) is 11.1 Å². The number of rotatable bonds is 6. The lowest BCUT2D eigenvalue weighted by molar-refractivity contribution is 0.112. The summed E-state index contributed by atoms with van der Waals surface area (Å²) in [6.45, 7) is 0. The second-order valence-electron chi connectivity index (χ2n) is 5.76. The number of aldehydes is 1. The van der Waals surface area contributed by atoms with Crippen LogP contribution in [0.5, 0.6) is 5.75 Å². The van der Waals surface area contributed by atoms with Gasteiger partial charge in [0.1, 0.15) is 12.0 Å². The van der Waals surface area contributed by atoms with Crippen LogP contribution in [0, 0.1) is 0 Å². The standard InChI is InChI=1S/C22H20O2/c1-24-20-13-11-17(12-14-20)15-22(18-7-3-2-4-8-18)21-10-6-5-9-19(21)16-23/h2-14,16,22H,15H2,1H3/t22-/m0/s1. The molecule has 24 heavy (non-hydrogen) atoms. The Kier molecular flexibility index (Phi) is 5.07. The molecule has 3 rings (SSSR count). The van der Waals surface area contributed by atoms with Gasteiger partial charge in [0.15, 0.2) is 0 Å². The summed E-state index contributed by atoms with van der Waals surface area (Å²) >= 11 is 0. The molecule has 3 aromatic rings. The minimum atomic E-state index is 0.140. The van der Waals surface area contributed by atoms with Crippen molar-refractivity contribution in [3.63, 3.8) is 0 Å². The Labute approximate surface area is 142 Å². The van der Waals surface area contributed by atoms with Gasteiger partial charge in [0.2, 0.25) is 0 Å². The monoisotopic (exact) mass is 316 g/mol. The molecule has 0 unspecified atom stereocenters. The predicted molar refractivity (Wildman–Crippen MR) is 96.8 cm³/mol. The van der Waals surface area contributed by atoms with Crippen LogP contribution in [0.4, 0.5) is 0 Å². The summed E-state index contributed by atoms with van der Waals surface area (Å²) in [7, 11) is 1.67. The van der Waals surface area contributed by atoms with E-state index < -0.39 is 0 Å². The number of hydrogen-bond donors (Lipinski definition) is 0. The van der Waals surface area contributed by atoms with Crippen LogP contribution >= 0.6 is 0 Å². The largest absolute Gasteiger partial charge is 0.497 e. The molecule has 0 aliphatic heterocycles. The molecule has 3 aromatic carbocycles. The summed E-state index contributed by atoms with van der Waals surface area (Å²) in [4.78, 5) is 11.5. The fourth-order valence-electron chi connectivity index (χ4n) is 3.03. The van der Waals surface area contributed by atoms with Crippen molar-refractivity contribution in [3.8, 4) is 5.75 Å². The van der Waals surface area contributed by atoms with Crippen LogP contribution in [0.2, 0.25) is 0 Å². The predicted octanol–water partition coefficient (Wildman–Crippen LogP) is 4.88. The van der Waals surface area contributed by atoms with E-state index in [9.17, 15) is 4.79 Å².